The molecule has 1 aliphatic rings. The lowest BCUT2D eigenvalue weighted by atomic mass is 9.97. The fourth-order valence-corrected chi connectivity index (χ4v) is 3.11. The number of amides is 1. The van der Waals surface area contributed by atoms with Crippen molar-refractivity contribution >= 4 is 5.91 Å². The molecular formula is C17H26N2O2. The first-order valence-electron chi connectivity index (χ1n) is 7.80. The molecule has 1 aromatic carbocycles. The van der Waals surface area contributed by atoms with Crippen molar-refractivity contribution < 1.29 is 9.53 Å². The molecule has 1 heterocycles. The van der Waals surface area contributed by atoms with Gasteiger partial charge in [0.15, 0.2) is 6.61 Å². The van der Waals surface area contributed by atoms with Gasteiger partial charge in [0.2, 0.25) is 0 Å². The van der Waals surface area contributed by atoms with Gasteiger partial charge < -0.3 is 15.0 Å². The summed E-state index contributed by atoms with van der Waals surface area (Å²) in [4.78, 5) is 14.4. The molecule has 0 aliphatic carbocycles. The van der Waals surface area contributed by atoms with Crippen LogP contribution in [0, 0.1) is 0 Å². The molecule has 0 aromatic heterocycles. The van der Waals surface area contributed by atoms with Crippen LogP contribution in [0.5, 0.6) is 5.75 Å². The van der Waals surface area contributed by atoms with Crippen LogP contribution in [0.15, 0.2) is 24.3 Å². The van der Waals surface area contributed by atoms with Crippen molar-refractivity contribution in [3.05, 3.63) is 29.8 Å². The fourth-order valence-electron chi connectivity index (χ4n) is 3.11. The number of nitrogens with zero attached hydrogens (tertiary/aromatic N) is 1. The maximum absolute atomic E-state index is 12.4. The van der Waals surface area contributed by atoms with Gasteiger partial charge in [0.05, 0.1) is 0 Å². The van der Waals surface area contributed by atoms with Crippen LogP contribution in [0.4, 0.5) is 0 Å². The molecule has 4 nitrogen and oxygen atoms in total. The predicted octanol–water partition coefficient (Wildman–Crippen LogP) is 2.57. The summed E-state index contributed by atoms with van der Waals surface area (Å²) in [5.41, 5.74) is 1.08. The number of likely N-dealkylation sites (tertiary alicyclic amines) is 1. The molecule has 2 atom stereocenters. The van der Waals surface area contributed by atoms with Crippen molar-refractivity contribution in [2.75, 3.05) is 13.7 Å². The molecule has 0 radical (unpaired) electrons. The van der Waals surface area contributed by atoms with Crippen molar-refractivity contribution in [3.8, 4) is 5.75 Å². The Bertz CT molecular complexity index is 466. The SMILES string of the molecule is CNCc1ccccc1OCC(=O)N1C(C)CCCC1C. The van der Waals surface area contributed by atoms with Gasteiger partial charge in [0, 0.05) is 24.2 Å². The lowest BCUT2D eigenvalue weighted by Crippen LogP contribution is -2.49. The van der Waals surface area contributed by atoms with Gasteiger partial charge in [0.25, 0.3) is 5.91 Å². The maximum Gasteiger partial charge on any atom is 0.260 e. The lowest BCUT2D eigenvalue weighted by Gasteiger charge is -2.39. The Kier molecular flexibility index (Phi) is 5.62. The van der Waals surface area contributed by atoms with Crippen LogP contribution >= 0.6 is 0 Å². The summed E-state index contributed by atoms with van der Waals surface area (Å²) in [6.45, 7) is 5.11. The van der Waals surface area contributed by atoms with Crippen molar-refractivity contribution in [2.45, 2.75) is 51.7 Å². The second kappa shape index (κ2) is 7.46. The molecule has 1 aliphatic heterocycles. The number of ether oxygens (including phenoxy) is 1. The third kappa shape index (κ3) is 3.97. The van der Waals surface area contributed by atoms with Crippen LogP contribution in [0.3, 0.4) is 0 Å². The number of nitrogens with one attached hydrogen (secondary N) is 1. The van der Waals surface area contributed by atoms with Gasteiger partial charge in [-0.25, -0.2) is 0 Å². The molecular weight excluding hydrogens is 264 g/mol. The van der Waals surface area contributed by atoms with E-state index in [1.165, 1.54) is 6.42 Å². The van der Waals surface area contributed by atoms with E-state index in [-0.39, 0.29) is 12.5 Å². The van der Waals surface area contributed by atoms with E-state index in [4.69, 9.17) is 4.74 Å². The molecule has 1 saturated heterocycles. The molecule has 0 spiro atoms. The first kappa shape index (κ1) is 15.8. The Morgan fingerprint density at radius 3 is 2.62 bits per heavy atom. The standard InChI is InChI=1S/C17H26N2O2/c1-13-7-6-8-14(2)19(13)17(20)12-21-16-10-5-4-9-15(16)11-18-3/h4-5,9-10,13-14,18H,6-8,11-12H2,1-3H3. The first-order chi connectivity index (χ1) is 10.1. The molecule has 4 heteroatoms. The van der Waals surface area contributed by atoms with Crippen molar-refractivity contribution in [1.29, 1.82) is 0 Å². The zero-order valence-electron chi connectivity index (χ0n) is 13.3. The third-order valence-electron chi connectivity index (χ3n) is 4.17. The van der Waals surface area contributed by atoms with E-state index in [9.17, 15) is 4.79 Å². The number of benzene rings is 1. The Morgan fingerprint density at radius 2 is 1.95 bits per heavy atom. The first-order valence-corrected chi connectivity index (χ1v) is 7.80. The summed E-state index contributed by atoms with van der Waals surface area (Å²) in [5.74, 6) is 0.881. The molecule has 0 bridgehead atoms. The number of hydrogen-bond acceptors (Lipinski definition) is 3. The number of piperidine rings is 1. The zero-order chi connectivity index (χ0) is 15.2. The van der Waals surface area contributed by atoms with E-state index in [2.05, 4.69) is 19.2 Å². The van der Waals surface area contributed by atoms with Gasteiger partial charge in [0.1, 0.15) is 5.75 Å². The van der Waals surface area contributed by atoms with Gasteiger partial charge in [-0.3, -0.25) is 4.79 Å². The minimum atomic E-state index is 0.0916. The number of hydrogen-bond donors (Lipinski definition) is 1. The zero-order valence-corrected chi connectivity index (χ0v) is 13.3. The Hall–Kier alpha value is -1.55. The van der Waals surface area contributed by atoms with E-state index in [1.54, 1.807) is 0 Å². The molecule has 116 valence electrons. The van der Waals surface area contributed by atoms with E-state index in [0.29, 0.717) is 12.1 Å². The maximum atomic E-state index is 12.4. The predicted molar refractivity (Wildman–Crippen MR) is 84.3 cm³/mol. The van der Waals surface area contributed by atoms with Crippen LogP contribution < -0.4 is 10.1 Å². The molecule has 21 heavy (non-hydrogen) atoms. The van der Waals surface area contributed by atoms with Gasteiger partial charge in [-0.2, -0.15) is 0 Å². The minimum absolute atomic E-state index is 0.0916. The largest absolute Gasteiger partial charge is 0.483 e. The van der Waals surface area contributed by atoms with E-state index < -0.39 is 0 Å². The molecule has 2 unspecified atom stereocenters. The Morgan fingerprint density at radius 1 is 1.29 bits per heavy atom. The lowest BCUT2D eigenvalue weighted by molar-refractivity contribution is -0.139. The topological polar surface area (TPSA) is 41.6 Å². The van der Waals surface area contributed by atoms with Gasteiger partial charge >= 0.3 is 0 Å². The molecule has 0 saturated carbocycles. The van der Waals surface area contributed by atoms with E-state index in [0.717, 1.165) is 30.7 Å². The van der Waals surface area contributed by atoms with Gasteiger partial charge in [-0.15, -0.1) is 0 Å². The third-order valence-corrected chi connectivity index (χ3v) is 4.17. The van der Waals surface area contributed by atoms with Crippen LogP contribution in [-0.4, -0.2) is 36.5 Å². The minimum Gasteiger partial charge on any atom is -0.483 e. The number of para-hydroxylation sites is 1. The molecule has 1 aromatic rings. The van der Waals surface area contributed by atoms with Crippen molar-refractivity contribution in [1.82, 2.24) is 10.2 Å². The normalized spacial score (nSPS) is 22.1. The van der Waals surface area contributed by atoms with Gasteiger partial charge in [-0.05, 0) is 46.2 Å². The molecule has 1 fully saturated rings. The highest BCUT2D eigenvalue weighted by Gasteiger charge is 2.29. The molecule has 1 N–H and O–H groups in total. The van der Waals surface area contributed by atoms with Crippen LogP contribution in [0.25, 0.3) is 0 Å². The highest BCUT2D eigenvalue weighted by atomic mass is 16.5. The highest BCUT2D eigenvalue weighted by Crippen LogP contribution is 2.23. The van der Waals surface area contributed by atoms with Gasteiger partial charge in [-0.1, -0.05) is 18.2 Å². The monoisotopic (exact) mass is 290 g/mol. The van der Waals surface area contributed by atoms with Crippen molar-refractivity contribution in [3.63, 3.8) is 0 Å². The molecule has 1 amide bonds. The average Bonchev–Trinajstić information content (AvgIpc) is 2.46. The number of carbonyl (C=O) groups is 1. The second-order valence-corrected chi connectivity index (χ2v) is 5.86. The Labute approximate surface area is 127 Å². The highest BCUT2D eigenvalue weighted by molar-refractivity contribution is 5.78. The average molecular weight is 290 g/mol. The van der Waals surface area contributed by atoms with Crippen molar-refractivity contribution in [2.24, 2.45) is 0 Å². The smallest absolute Gasteiger partial charge is 0.260 e. The summed E-state index contributed by atoms with van der Waals surface area (Å²) in [7, 11) is 1.90. The fraction of sp³-hybridized carbons (Fsp3) is 0.588. The molecule has 2 rings (SSSR count). The van der Waals surface area contributed by atoms with E-state index >= 15 is 0 Å². The summed E-state index contributed by atoms with van der Waals surface area (Å²) in [5, 5.41) is 3.11. The van der Waals surface area contributed by atoms with Crippen LogP contribution in [-0.2, 0) is 11.3 Å². The van der Waals surface area contributed by atoms with E-state index in [1.807, 2.05) is 36.2 Å². The van der Waals surface area contributed by atoms with Crippen LogP contribution in [0.1, 0.15) is 38.7 Å². The quantitative estimate of drug-likeness (QED) is 0.906. The summed E-state index contributed by atoms with van der Waals surface area (Å²) in [6, 6.07) is 8.49. The number of carbonyl (C=O) groups excluding carboxylic acids is 1. The number of rotatable bonds is 5. The summed E-state index contributed by atoms with van der Waals surface area (Å²) >= 11 is 0. The Balaban J connectivity index is 1.97. The second-order valence-electron chi connectivity index (χ2n) is 5.86. The summed E-state index contributed by atoms with van der Waals surface area (Å²) < 4.78 is 5.77. The summed E-state index contributed by atoms with van der Waals surface area (Å²) in [6.07, 6.45) is 3.39. The van der Waals surface area contributed by atoms with Crippen LogP contribution in [0.2, 0.25) is 0 Å².